The molecule has 3 aliphatic rings. The first kappa shape index (κ1) is 32.6. The van der Waals surface area contributed by atoms with E-state index in [1.54, 1.807) is 94.7 Å². The SMILES string of the molecule is Cl.O=C=C1C(c2ccccc2)=C(C(=O)Nc2ccccc2)C=CC1N1CCC(F)(F)C(=CC(=O)N2CCNCC2)c2ccccc21. The molecule has 1 fully saturated rings. The summed E-state index contributed by atoms with van der Waals surface area (Å²) in [4.78, 5) is 42.9. The van der Waals surface area contributed by atoms with Crippen molar-refractivity contribution in [3.63, 3.8) is 0 Å². The molecule has 236 valence electrons. The standard InChI is InChI=1S/C36H32F2N4O3.ClH/c37-36(38)17-20-42(31-14-8-7-13-27(31)30(36)23-33(44)41-21-18-39-19-22-41)32-16-15-28(35(45)40-26-11-5-2-6-12-26)34(29(32)24-43)25-9-3-1-4-10-25;/h1-16,23,32,39H,17-22H2,(H,40,45);1H. The molecule has 2 N–H and O–H groups in total. The molecule has 1 unspecified atom stereocenters. The molecule has 10 heteroatoms. The maximum atomic E-state index is 15.9. The molecular weight excluding hydrogens is 610 g/mol. The fraction of sp³-hybridized carbons (Fsp3) is 0.222. The van der Waals surface area contributed by atoms with Crippen LogP contribution in [0.1, 0.15) is 17.5 Å². The van der Waals surface area contributed by atoms with E-state index in [1.807, 2.05) is 12.1 Å². The molecule has 2 amide bonds. The van der Waals surface area contributed by atoms with Gasteiger partial charge in [-0.3, -0.25) is 9.59 Å². The van der Waals surface area contributed by atoms with Gasteiger partial charge < -0.3 is 20.4 Å². The predicted octanol–water partition coefficient (Wildman–Crippen LogP) is 5.56. The largest absolute Gasteiger partial charge is 0.359 e. The summed E-state index contributed by atoms with van der Waals surface area (Å²) in [6.45, 7) is 1.98. The molecule has 3 aromatic rings. The Hall–Kier alpha value is -4.82. The summed E-state index contributed by atoms with van der Waals surface area (Å²) in [5.74, 6) is -2.10. The van der Waals surface area contributed by atoms with Gasteiger partial charge in [0, 0.05) is 78.9 Å². The lowest BCUT2D eigenvalue weighted by Crippen LogP contribution is -2.46. The van der Waals surface area contributed by atoms with E-state index in [0.717, 1.165) is 6.08 Å². The zero-order chi connectivity index (χ0) is 31.4. The highest BCUT2D eigenvalue weighted by molar-refractivity contribution is 6.15. The summed E-state index contributed by atoms with van der Waals surface area (Å²) in [5.41, 5.74) is 2.35. The Kier molecular flexibility index (Phi) is 9.97. The smallest absolute Gasteiger partial charge is 0.275 e. The number of nitrogens with one attached hydrogen (secondary N) is 2. The molecule has 2 aliphatic heterocycles. The van der Waals surface area contributed by atoms with Gasteiger partial charge in [-0.2, -0.15) is 0 Å². The molecule has 0 bridgehead atoms. The van der Waals surface area contributed by atoms with Gasteiger partial charge in [0.15, 0.2) is 0 Å². The summed E-state index contributed by atoms with van der Waals surface area (Å²) >= 11 is 0. The number of anilines is 2. The lowest BCUT2D eigenvalue weighted by atomic mass is 9.84. The number of fused-ring (bicyclic) bond motifs is 1. The first-order valence-corrected chi connectivity index (χ1v) is 14.9. The van der Waals surface area contributed by atoms with Crippen molar-refractivity contribution >= 4 is 52.7 Å². The van der Waals surface area contributed by atoms with Crippen LogP contribution in [0.3, 0.4) is 0 Å². The van der Waals surface area contributed by atoms with Gasteiger partial charge >= 0.3 is 0 Å². The molecule has 0 radical (unpaired) electrons. The molecule has 6 rings (SSSR count). The molecule has 0 spiro atoms. The number of hydrogen-bond donors (Lipinski definition) is 2. The Morgan fingerprint density at radius 2 is 1.57 bits per heavy atom. The van der Waals surface area contributed by atoms with E-state index in [0.29, 0.717) is 48.7 Å². The molecule has 0 saturated carbocycles. The fourth-order valence-electron chi connectivity index (χ4n) is 6.09. The molecule has 1 atom stereocenters. The third kappa shape index (κ3) is 6.58. The Labute approximate surface area is 272 Å². The number of para-hydroxylation sites is 2. The van der Waals surface area contributed by atoms with E-state index in [2.05, 4.69) is 16.6 Å². The lowest BCUT2D eigenvalue weighted by Gasteiger charge is -2.35. The van der Waals surface area contributed by atoms with Gasteiger partial charge in [-0.25, -0.2) is 13.6 Å². The number of nitrogens with zero attached hydrogens (tertiary/aromatic N) is 2. The molecule has 46 heavy (non-hydrogen) atoms. The second-order valence-corrected chi connectivity index (χ2v) is 11.1. The quantitative estimate of drug-likeness (QED) is 0.282. The van der Waals surface area contributed by atoms with Crippen molar-refractivity contribution in [1.29, 1.82) is 0 Å². The van der Waals surface area contributed by atoms with Crippen LogP contribution < -0.4 is 15.5 Å². The normalized spacial score (nSPS) is 19.9. The number of halogens is 3. The van der Waals surface area contributed by atoms with E-state index in [9.17, 15) is 14.4 Å². The highest BCUT2D eigenvalue weighted by Gasteiger charge is 2.43. The van der Waals surface area contributed by atoms with E-state index in [1.165, 1.54) is 0 Å². The van der Waals surface area contributed by atoms with E-state index in [-0.39, 0.29) is 41.2 Å². The third-order valence-corrected chi connectivity index (χ3v) is 8.32. The minimum Gasteiger partial charge on any atom is -0.359 e. The molecule has 7 nitrogen and oxygen atoms in total. The van der Waals surface area contributed by atoms with Gasteiger partial charge in [0.05, 0.1) is 11.6 Å². The van der Waals surface area contributed by atoms with Crippen molar-refractivity contribution in [1.82, 2.24) is 10.2 Å². The average Bonchev–Trinajstić information content (AvgIpc) is 3.18. The van der Waals surface area contributed by atoms with Crippen LogP contribution in [0.25, 0.3) is 11.1 Å². The molecule has 1 saturated heterocycles. The molecule has 1 aliphatic carbocycles. The van der Waals surface area contributed by atoms with Gasteiger partial charge in [-0.05, 0) is 23.8 Å². The van der Waals surface area contributed by atoms with Crippen molar-refractivity contribution in [2.75, 3.05) is 42.9 Å². The predicted molar refractivity (Wildman–Crippen MR) is 179 cm³/mol. The minimum atomic E-state index is -3.31. The van der Waals surface area contributed by atoms with Crippen LogP contribution >= 0.6 is 12.4 Å². The Bertz CT molecular complexity index is 1740. The highest BCUT2D eigenvalue weighted by atomic mass is 35.5. The second kappa shape index (κ2) is 14.1. The number of carbonyl (C=O) groups is 2. The van der Waals surface area contributed by atoms with Crippen LogP contribution in [-0.2, 0) is 14.4 Å². The third-order valence-electron chi connectivity index (χ3n) is 8.32. The summed E-state index contributed by atoms with van der Waals surface area (Å²) in [6, 6.07) is 23.9. The Morgan fingerprint density at radius 3 is 2.26 bits per heavy atom. The Morgan fingerprint density at radius 1 is 0.913 bits per heavy atom. The second-order valence-electron chi connectivity index (χ2n) is 11.1. The van der Waals surface area contributed by atoms with Crippen molar-refractivity contribution < 1.29 is 23.2 Å². The topological polar surface area (TPSA) is 81.8 Å². The summed E-state index contributed by atoms with van der Waals surface area (Å²) < 4.78 is 31.9. The summed E-state index contributed by atoms with van der Waals surface area (Å²) in [7, 11) is 0. The van der Waals surface area contributed by atoms with E-state index in [4.69, 9.17) is 0 Å². The number of allylic oxidation sites excluding steroid dienone is 1. The first-order chi connectivity index (χ1) is 21.9. The number of amides is 2. The molecular formula is C36H33ClF2N4O3. The van der Waals surface area contributed by atoms with Crippen LogP contribution in [-0.4, -0.2) is 67.3 Å². The number of carbonyl (C=O) groups excluding carboxylic acids is 3. The molecule has 2 heterocycles. The van der Waals surface area contributed by atoms with Gasteiger partial charge in [0.25, 0.3) is 11.8 Å². The first-order valence-electron chi connectivity index (χ1n) is 14.9. The number of benzene rings is 3. The highest BCUT2D eigenvalue weighted by Crippen LogP contribution is 2.46. The Balaban J connectivity index is 0.00000417. The maximum absolute atomic E-state index is 15.9. The van der Waals surface area contributed by atoms with Crippen LogP contribution in [0.15, 0.2) is 114 Å². The zero-order valence-electron chi connectivity index (χ0n) is 24.9. The number of alkyl halides is 2. The maximum Gasteiger partial charge on any atom is 0.275 e. The van der Waals surface area contributed by atoms with E-state index >= 15 is 8.78 Å². The fourth-order valence-corrected chi connectivity index (χ4v) is 6.09. The minimum absolute atomic E-state index is 0. The van der Waals surface area contributed by atoms with Gasteiger partial charge in [0.1, 0.15) is 5.94 Å². The number of rotatable bonds is 5. The zero-order valence-corrected chi connectivity index (χ0v) is 25.7. The van der Waals surface area contributed by atoms with Crippen LogP contribution in [0, 0.1) is 0 Å². The number of hydrogen-bond acceptors (Lipinski definition) is 5. The van der Waals surface area contributed by atoms with Gasteiger partial charge in [-0.1, -0.05) is 78.9 Å². The lowest BCUT2D eigenvalue weighted by molar-refractivity contribution is -0.126. The number of piperazine rings is 1. The van der Waals surface area contributed by atoms with Gasteiger partial charge in [0.2, 0.25) is 5.91 Å². The summed E-state index contributed by atoms with van der Waals surface area (Å²) in [6.07, 6.45) is 3.82. The van der Waals surface area contributed by atoms with Crippen molar-refractivity contribution in [2.24, 2.45) is 0 Å². The summed E-state index contributed by atoms with van der Waals surface area (Å²) in [5, 5.41) is 6.05. The molecule has 0 aromatic heterocycles. The van der Waals surface area contributed by atoms with Crippen molar-refractivity contribution in [2.45, 2.75) is 18.4 Å². The van der Waals surface area contributed by atoms with Crippen LogP contribution in [0.2, 0.25) is 0 Å². The van der Waals surface area contributed by atoms with Crippen molar-refractivity contribution in [3.05, 3.63) is 125 Å². The average molecular weight is 643 g/mol. The van der Waals surface area contributed by atoms with E-state index < -0.39 is 30.2 Å². The van der Waals surface area contributed by atoms with Crippen molar-refractivity contribution in [3.8, 4) is 0 Å². The van der Waals surface area contributed by atoms with Crippen LogP contribution in [0.4, 0.5) is 20.2 Å². The van der Waals surface area contributed by atoms with Crippen LogP contribution in [0.5, 0.6) is 0 Å². The van der Waals surface area contributed by atoms with Gasteiger partial charge in [-0.15, -0.1) is 12.4 Å². The monoisotopic (exact) mass is 642 g/mol. The molecule has 3 aromatic carbocycles.